The van der Waals surface area contributed by atoms with E-state index in [0.29, 0.717) is 37.0 Å². The summed E-state index contributed by atoms with van der Waals surface area (Å²) in [5, 5.41) is 19.3. The van der Waals surface area contributed by atoms with Crippen LogP contribution in [0.2, 0.25) is 0 Å². The van der Waals surface area contributed by atoms with E-state index >= 15 is 0 Å². The van der Waals surface area contributed by atoms with Crippen molar-refractivity contribution in [2.24, 2.45) is 16.7 Å². The molecule has 0 aromatic heterocycles. The van der Waals surface area contributed by atoms with E-state index in [2.05, 4.69) is 13.8 Å². The number of esters is 1. The maximum absolute atomic E-state index is 14.2. The molecule has 2 heterocycles. The standard InChI is InChI=1S/C32H42N2O8/c1-5-6-7-8-9-13-24(38)42-27-26(33-18-10-12-22(33)35)20-19-34(21(30(40)41)14-15-23(36)37)29(39)25(20)32(4)17-11-16-31(2,3)28(27)32/h5-9,13,21,26-28H,10-12,14-19H2,1-4H3,(H,36,37)(H,40,41)/b6-5+,8-7+,13-9+/t21-,26-,27-,28-,32+/m1/s1. The second-order valence-electron chi connectivity index (χ2n) is 12.7. The molecule has 10 nitrogen and oxygen atoms in total. The van der Waals surface area contributed by atoms with Crippen molar-refractivity contribution >= 4 is 29.7 Å². The van der Waals surface area contributed by atoms with E-state index in [-0.39, 0.29) is 30.2 Å². The van der Waals surface area contributed by atoms with Crippen molar-refractivity contribution in [1.29, 1.82) is 0 Å². The molecule has 2 N–H and O–H groups in total. The van der Waals surface area contributed by atoms with Gasteiger partial charge in [0.1, 0.15) is 12.1 Å². The van der Waals surface area contributed by atoms with Crippen LogP contribution in [0.25, 0.3) is 0 Å². The van der Waals surface area contributed by atoms with Gasteiger partial charge in [0.15, 0.2) is 0 Å². The molecule has 0 spiro atoms. The molecule has 1 saturated carbocycles. The molecule has 0 radical (unpaired) electrons. The number of hydrogen-bond donors (Lipinski definition) is 2. The molecule has 4 aliphatic rings. The highest BCUT2D eigenvalue weighted by atomic mass is 16.5. The summed E-state index contributed by atoms with van der Waals surface area (Å²) in [5.41, 5.74) is 0.0149. The summed E-state index contributed by atoms with van der Waals surface area (Å²) in [7, 11) is 0. The molecule has 1 saturated heterocycles. The van der Waals surface area contributed by atoms with Gasteiger partial charge in [0.05, 0.1) is 6.04 Å². The van der Waals surface area contributed by atoms with Crippen LogP contribution in [0.1, 0.15) is 72.6 Å². The van der Waals surface area contributed by atoms with E-state index in [1.54, 1.807) is 23.1 Å². The summed E-state index contributed by atoms with van der Waals surface area (Å²) >= 11 is 0. The Morgan fingerprint density at radius 1 is 1.05 bits per heavy atom. The van der Waals surface area contributed by atoms with Crippen molar-refractivity contribution in [2.75, 3.05) is 13.1 Å². The van der Waals surface area contributed by atoms with Crippen LogP contribution < -0.4 is 0 Å². The number of aliphatic carboxylic acids is 2. The maximum atomic E-state index is 14.2. The molecule has 0 unspecified atom stereocenters. The van der Waals surface area contributed by atoms with Gasteiger partial charge >= 0.3 is 17.9 Å². The van der Waals surface area contributed by atoms with Gasteiger partial charge in [-0.15, -0.1) is 0 Å². The van der Waals surface area contributed by atoms with Crippen molar-refractivity contribution in [3.8, 4) is 0 Å². The Morgan fingerprint density at radius 3 is 2.38 bits per heavy atom. The van der Waals surface area contributed by atoms with Gasteiger partial charge in [0.2, 0.25) is 5.91 Å². The average molecular weight is 583 g/mol. The van der Waals surface area contributed by atoms with E-state index in [9.17, 15) is 34.2 Å². The lowest BCUT2D eigenvalue weighted by atomic mass is 9.48. The summed E-state index contributed by atoms with van der Waals surface area (Å²) < 4.78 is 6.28. The van der Waals surface area contributed by atoms with Crippen LogP contribution >= 0.6 is 0 Å². The third-order valence-electron chi connectivity index (χ3n) is 9.50. The van der Waals surface area contributed by atoms with Gasteiger partial charge in [-0.25, -0.2) is 9.59 Å². The molecule has 0 aromatic carbocycles. The Balaban J connectivity index is 1.83. The van der Waals surface area contributed by atoms with Gasteiger partial charge in [-0.2, -0.15) is 0 Å². The zero-order chi connectivity index (χ0) is 30.8. The van der Waals surface area contributed by atoms with Crippen LogP contribution in [-0.2, 0) is 28.7 Å². The number of ether oxygens (including phenoxy) is 1. The third-order valence-corrected chi connectivity index (χ3v) is 9.50. The fourth-order valence-electron chi connectivity index (χ4n) is 7.95. The molecule has 4 rings (SSSR count). The van der Waals surface area contributed by atoms with Crippen LogP contribution in [0.5, 0.6) is 0 Å². The molecule has 5 atom stereocenters. The monoisotopic (exact) mass is 582 g/mol. The number of fused-ring (bicyclic) bond motifs is 2. The minimum absolute atomic E-state index is 0.0576. The van der Waals surface area contributed by atoms with Gasteiger partial charge < -0.3 is 24.7 Å². The Kier molecular flexibility index (Phi) is 9.13. The van der Waals surface area contributed by atoms with Gasteiger partial charge in [0, 0.05) is 48.9 Å². The average Bonchev–Trinajstić information content (AvgIpc) is 3.46. The van der Waals surface area contributed by atoms with Crippen LogP contribution in [0.4, 0.5) is 0 Å². The first-order valence-corrected chi connectivity index (χ1v) is 14.8. The minimum atomic E-state index is -1.33. The molecule has 10 heteroatoms. The number of likely N-dealkylation sites (tertiary alicyclic amines) is 1. The lowest BCUT2D eigenvalue weighted by Crippen LogP contribution is -2.62. The summed E-state index contributed by atoms with van der Waals surface area (Å²) in [6, 6.07) is -2.05. The number of carbonyl (C=O) groups is 5. The van der Waals surface area contributed by atoms with Gasteiger partial charge in [0.25, 0.3) is 5.91 Å². The SMILES string of the molecule is C/C=C/C=C/C=C/C(=O)O[C@@H]1[C@H](N2CCCC2=O)C2=C(C(=O)N([C@H](CCC(=O)O)C(=O)O)C2)[C@]2(C)CCCC(C)(C)[C@@H]12. The zero-order valence-electron chi connectivity index (χ0n) is 24.9. The lowest BCUT2D eigenvalue weighted by Gasteiger charge is -2.58. The quantitative estimate of drug-likeness (QED) is 0.225. The normalized spacial score (nSPS) is 30.0. The maximum Gasteiger partial charge on any atom is 0.331 e. The molecule has 2 fully saturated rings. The smallest absolute Gasteiger partial charge is 0.331 e. The second kappa shape index (κ2) is 12.3. The summed E-state index contributed by atoms with van der Waals surface area (Å²) in [6.07, 6.45) is 12.0. The molecular weight excluding hydrogens is 540 g/mol. The molecule has 2 amide bonds. The number of amides is 2. The second-order valence-corrected chi connectivity index (χ2v) is 12.7. The lowest BCUT2D eigenvalue weighted by molar-refractivity contribution is -0.168. The number of nitrogens with zero attached hydrogens (tertiary/aromatic N) is 2. The molecule has 42 heavy (non-hydrogen) atoms. The number of carboxylic acids is 2. The van der Waals surface area contributed by atoms with Crippen LogP contribution in [0.15, 0.2) is 47.6 Å². The van der Waals surface area contributed by atoms with Crippen LogP contribution in [0, 0.1) is 16.7 Å². The highest BCUT2D eigenvalue weighted by Crippen LogP contribution is 2.62. The zero-order valence-corrected chi connectivity index (χ0v) is 24.9. The predicted octanol–water partition coefficient (Wildman–Crippen LogP) is 3.88. The van der Waals surface area contributed by atoms with E-state index in [0.717, 1.165) is 12.8 Å². The minimum Gasteiger partial charge on any atom is -0.481 e. The highest BCUT2D eigenvalue weighted by Gasteiger charge is 2.64. The number of allylic oxidation sites excluding steroid dienone is 5. The van der Waals surface area contributed by atoms with Crippen molar-refractivity contribution in [1.82, 2.24) is 9.80 Å². The van der Waals surface area contributed by atoms with Crippen LogP contribution in [0.3, 0.4) is 0 Å². The Labute approximate surface area is 246 Å². The first kappa shape index (κ1) is 31.3. The summed E-state index contributed by atoms with van der Waals surface area (Å²) in [5.74, 6) is -3.82. The number of carbonyl (C=O) groups excluding carboxylic acids is 3. The fourth-order valence-corrected chi connectivity index (χ4v) is 7.95. The molecule has 2 aliphatic carbocycles. The largest absolute Gasteiger partial charge is 0.481 e. The third kappa shape index (κ3) is 5.80. The fraction of sp³-hybridized carbons (Fsp3) is 0.594. The highest BCUT2D eigenvalue weighted by molar-refractivity contribution is 6.01. The number of hydrogen-bond acceptors (Lipinski definition) is 6. The molecule has 2 aliphatic heterocycles. The predicted molar refractivity (Wildman–Crippen MR) is 154 cm³/mol. The van der Waals surface area contributed by atoms with Crippen LogP contribution in [-0.4, -0.2) is 81.0 Å². The van der Waals surface area contributed by atoms with Gasteiger partial charge in [-0.05, 0) is 43.6 Å². The number of carboxylic acid groups (broad SMARTS) is 2. The Morgan fingerprint density at radius 2 is 1.76 bits per heavy atom. The van der Waals surface area contributed by atoms with Crippen molar-refractivity contribution in [3.05, 3.63) is 47.6 Å². The van der Waals surface area contributed by atoms with E-state index in [4.69, 9.17) is 4.74 Å². The van der Waals surface area contributed by atoms with Gasteiger partial charge in [-0.1, -0.05) is 57.6 Å². The Bertz CT molecular complexity index is 1260. The first-order valence-electron chi connectivity index (χ1n) is 14.8. The van der Waals surface area contributed by atoms with Crippen molar-refractivity contribution in [2.45, 2.75) is 90.8 Å². The van der Waals surface area contributed by atoms with E-state index in [1.807, 2.05) is 26.0 Å². The molecule has 228 valence electrons. The van der Waals surface area contributed by atoms with Crippen molar-refractivity contribution in [3.63, 3.8) is 0 Å². The summed E-state index contributed by atoms with van der Waals surface area (Å²) in [4.78, 5) is 67.3. The van der Waals surface area contributed by atoms with Crippen molar-refractivity contribution < 1.29 is 38.9 Å². The first-order chi connectivity index (χ1) is 19.8. The molecular formula is C32H42N2O8. The van der Waals surface area contributed by atoms with E-state index < -0.39 is 53.8 Å². The van der Waals surface area contributed by atoms with E-state index in [1.165, 1.54) is 11.0 Å². The molecule has 0 bridgehead atoms. The summed E-state index contributed by atoms with van der Waals surface area (Å²) in [6.45, 7) is 8.47. The molecule has 0 aromatic rings. The van der Waals surface area contributed by atoms with Gasteiger partial charge in [-0.3, -0.25) is 14.4 Å². The topological polar surface area (TPSA) is 142 Å². The Hall–Kier alpha value is -3.69. The number of rotatable bonds is 10.